The van der Waals surface area contributed by atoms with Gasteiger partial charge in [-0.2, -0.15) is 0 Å². The molecule has 0 unspecified atom stereocenters. The van der Waals surface area contributed by atoms with E-state index in [1.54, 1.807) is 50.2 Å². The molecule has 0 aliphatic rings. The molecule has 1 atom stereocenters. The highest BCUT2D eigenvalue weighted by Gasteiger charge is 2.26. The molecule has 0 heterocycles. The lowest BCUT2D eigenvalue weighted by atomic mass is 10.1. The van der Waals surface area contributed by atoms with Crippen LogP contribution in [0.5, 0.6) is 0 Å². The molecule has 2 aromatic rings. The summed E-state index contributed by atoms with van der Waals surface area (Å²) >= 11 is 12.3. The molecule has 2 amide bonds. The predicted molar refractivity (Wildman–Crippen MR) is 138 cm³/mol. The number of benzene rings is 2. The molecule has 2 aromatic carbocycles. The van der Waals surface area contributed by atoms with E-state index in [4.69, 9.17) is 23.2 Å². The highest BCUT2D eigenvalue weighted by Crippen LogP contribution is 2.28. The molecule has 0 aliphatic heterocycles. The van der Waals surface area contributed by atoms with Crippen LogP contribution < -0.4 is 9.62 Å². The molecule has 1 N–H and O–H groups in total. The maximum atomic E-state index is 13.2. The van der Waals surface area contributed by atoms with Gasteiger partial charge in [-0.3, -0.25) is 13.9 Å². The minimum Gasteiger partial charge on any atom is -0.355 e. The van der Waals surface area contributed by atoms with Gasteiger partial charge in [0.2, 0.25) is 21.8 Å². The molecule has 34 heavy (non-hydrogen) atoms. The van der Waals surface area contributed by atoms with Gasteiger partial charge in [0, 0.05) is 36.1 Å². The molecule has 0 fully saturated rings. The molecule has 0 saturated carbocycles. The highest BCUT2D eigenvalue weighted by molar-refractivity contribution is 7.92. The molecule has 7 nitrogen and oxygen atoms in total. The van der Waals surface area contributed by atoms with Gasteiger partial charge in [0.25, 0.3) is 0 Å². The van der Waals surface area contributed by atoms with Gasteiger partial charge >= 0.3 is 0 Å². The van der Waals surface area contributed by atoms with Gasteiger partial charge in [0.05, 0.1) is 11.9 Å². The quantitative estimate of drug-likeness (QED) is 0.469. The summed E-state index contributed by atoms with van der Waals surface area (Å²) in [7, 11) is -3.59. The fraction of sp³-hybridized carbons (Fsp3) is 0.417. The lowest BCUT2D eigenvalue weighted by Gasteiger charge is -2.29. The second-order valence-electron chi connectivity index (χ2n) is 8.04. The van der Waals surface area contributed by atoms with E-state index in [0.717, 1.165) is 11.8 Å². The number of rotatable bonds is 11. The van der Waals surface area contributed by atoms with Gasteiger partial charge in [0.15, 0.2) is 0 Å². The summed E-state index contributed by atoms with van der Waals surface area (Å²) in [5, 5.41) is 3.75. The first-order valence-corrected chi connectivity index (χ1v) is 13.6. The minimum absolute atomic E-state index is 0.0654. The molecular formula is C24H31Cl2N3O4S. The maximum Gasteiger partial charge on any atom is 0.242 e. The van der Waals surface area contributed by atoms with Crippen molar-refractivity contribution >= 4 is 50.7 Å². The fourth-order valence-electron chi connectivity index (χ4n) is 3.59. The van der Waals surface area contributed by atoms with Crippen molar-refractivity contribution in [3.8, 4) is 0 Å². The number of nitrogens with one attached hydrogen (secondary N) is 1. The molecule has 0 spiro atoms. The first kappa shape index (κ1) is 28.0. The van der Waals surface area contributed by atoms with E-state index in [0.29, 0.717) is 27.8 Å². The third-order valence-electron chi connectivity index (χ3n) is 5.42. The SMILES string of the molecule is CCNC(=O)[C@@H](C)N(Cc1cccc(Cl)c1)C(=O)CCCN(c1cccc(Cl)c1C)S(C)(=O)=O. The van der Waals surface area contributed by atoms with Crippen molar-refractivity contribution in [3.05, 3.63) is 63.6 Å². The molecule has 0 radical (unpaired) electrons. The molecular weight excluding hydrogens is 497 g/mol. The largest absolute Gasteiger partial charge is 0.355 e. The van der Waals surface area contributed by atoms with Crippen LogP contribution in [0, 0.1) is 6.92 Å². The Morgan fingerprint density at radius 3 is 2.41 bits per heavy atom. The molecule has 0 bridgehead atoms. The van der Waals surface area contributed by atoms with Gasteiger partial charge in [-0.25, -0.2) is 8.42 Å². The van der Waals surface area contributed by atoms with E-state index in [1.165, 1.54) is 9.21 Å². The maximum absolute atomic E-state index is 13.2. The Bertz CT molecular complexity index is 1120. The normalized spacial score (nSPS) is 12.2. The lowest BCUT2D eigenvalue weighted by Crippen LogP contribution is -2.47. The van der Waals surface area contributed by atoms with E-state index in [-0.39, 0.29) is 37.7 Å². The van der Waals surface area contributed by atoms with Crippen LogP contribution in [0.15, 0.2) is 42.5 Å². The summed E-state index contributed by atoms with van der Waals surface area (Å²) in [6.45, 7) is 6.00. The van der Waals surface area contributed by atoms with E-state index in [1.807, 2.05) is 13.0 Å². The molecule has 10 heteroatoms. The Labute approximate surface area is 212 Å². The second-order valence-corrected chi connectivity index (χ2v) is 10.8. The average Bonchev–Trinajstić information content (AvgIpc) is 2.76. The van der Waals surface area contributed by atoms with Gasteiger partial charge in [0.1, 0.15) is 6.04 Å². The fourth-order valence-corrected chi connectivity index (χ4v) is 4.98. The van der Waals surface area contributed by atoms with Crippen LogP contribution in [0.4, 0.5) is 5.69 Å². The number of hydrogen-bond acceptors (Lipinski definition) is 4. The number of likely N-dealkylation sites (N-methyl/N-ethyl adjacent to an activating group) is 1. The molecule has 2 rings (SSSR count). The number of carbonyl (C=O) groups is 2. The number of amides is 2. The van der Waals surface area contributed by atoms with Crippen LogP contribution >= 0.6 is 23.2 Å². The Hall–Kier alpha value is -2.29. The first-order valence-electron chi connectivity index (χ1n) is 11.0. The van der Waals surface area contributed by atoms with E-state index in [2.05, 4.69) is 5.32 Å². The Kier molecular flexibility index (Phi) is 10.2. The Balaban J connectivity index is 2.19. The van der Waals surface area contributed by atoms with Crippen molar-refractivity contribution in [2.75, 3.05) is 23.7 Å². The summed E-state index contributed by atoms with van der Waals surface area (Å²) < 4.78 is 26.2. The first-order chi connectivity index (χ1) is 16.0. The number of hydrogen-bond donors (Lipinski definition) is 1. The third-order valence-corrected chi connectivity index (χ3v) is 7.24. The molecule has 186 valence electrons. The molecule has 0 saturated heterocycles. The molecule has 0 aliphatic carbocycles. The number of halogens is 2. The number of nitrogens with zero attached hydrogens (tertiary/aromatic N) is 2. The van der Waals surface area contributed by atoms with Gasteiger partial charge in [-0.1, -0.05) is 41.4 Å². The van der Waals surface area contributed by atoms with Crippen molar-refractivity contribution < 1.29 is 18.0 Å². The summed E-state index contributed by atoms with van der Waals surface area (Å²) in [5.41, 5.74) is 1.92. The third kappa shape index (κ3) is 7.61. The van der Waals surface area contributed by atoms with Crippen molar-refractivity contribution in [2.45, 2.75) is 46.2 Å². The van der Waals surface area contributed by atoms with Crippen LogP contribution in [-0.2, 0) is 26.2 Å². The van der Waals surface area contributed by atoms with E-state index in [9.17, 15) is 18.0 Å². The average molecular weight is 529 g/mol. The minimum atomic E-state index is -3.59. The Morgan fingerprint density at radius 1 is 1.12 bits per heavy atom. The van der Waals surface area contributed by atoms with Crippen molar-refractivity contribution in [3.63, 3.8) is 0 Å². The second kappa shape index (κ2) is 12.4. The summed E-state index contributed by atoms with van der Waals surface area (Å²) in [4.78, 5) is 27.2. The van der Waals surface area contributed by atoms with E-state index < -0.39 is 16.1 Å². The van der Waals surface area contributed by atoms with Crippen LogP contribution in [0.25, 0.3) is 0 Å². The zero-order valence-electron chi connectivity index (χ0n) is 19.8. The standard InChI is InChI=1S/C24H31Cl2N3O4S/c1-5-27-24(31)18(3)28(16-19-9-6-10-20(25)15-19)23(30)13-8-14-29(34(4,32)33)22-12-7-11-21(26)17(22)2/h6-7,9-12,15,18H,5,8,13-14,16H2,1-4H3,(H,27,31)/t18-/m1/s1. The summed E-state index contributed by atoms with van der Waals surface area (Å²) in [5.74, 6) is -0.514. The van der Waals surface area contributed by atoms with Crippen LogP contribution in [-0.4, -0.2) is 50.5 Å². The topological polar surface area (TPSA) is 86.8 Å². The summed E-state index contributed by atoms with van der Waals surface area (Å²) in [6, 6.07) is 11.5. The highest BCUT2D eigenvalue weighted by atomic mass is 35.5. The monoisotopic (exact) mass is 527 g/mol. The number of anilines is 1. The van der Waals surface area contributed by atoms with Gasteiger partial charge < -0.3 is 10.2 Å². The van der Waals surface area contributed by atoms with Gasteiger partial charge in [-0.05, 0) is 62.6 Å². The lowest BCUT2D eigenvalue weighted by molar-refractivity contribution is -0.140. The zero-order valence-corrected chi connectivity index (χ0v) is 22.2. The molecule has 0 aromatic heterocycles. The predicted octanol–water partition coefficient (Wildman–Crippen LogP) is 4.40. The van der Waals surface area contributed by atoms with Crippen molar-refractivity contribution in [1.82, 2.24) is 10.2 Å². The Morgan fingerprint density at radius 2 is 1.79 bits per heavy atom. The van der Waals surface area contributed by atoms with Crippen molar-refractivity contribution in [1.29, 1.82) is 0 Å². The zero-order chi connectivity index (χ0) is 25.5. The summed E-state index contributed by atoms with van der Waals surface area (Å²) in [6.07, 6.45) is 1.46. The van der Waals surface area contributed by atoms with Crippen LogP contribution in [0.2, 0.25) is 10.0 Å². The van der Waals surface area contributed by atoms with E-state index >= 15 is 0 Å². The van der Waals surface area contributed by atoms with Gasteiger partial charge in [-0.15, -0.1) is 0 Å². The number of sulfonamides is 1. The van der Waals surface area contributed by atoms with Crippen LogP contribution in [0.3, 0.4) is 0 Å². The van der Waals surface area contributed by atoms with Crippen molar-refractivity contribution in [2.24, 2.45) is 0 Å². The van der Waals surface area contributed by atoms with Crippen LogP contribution in [0.1, 0.15) is 37.8 Å². The smallest absolute Gasteiger partial charge is 0.242 e. The number of carbonyl (C=O) groups excluding carboxylic acids is 2.